The average molecular weight is 455 g/mol. The zero-order valence-corrected chi connectivity index (χ0v) is 19.2. The summed E-state index contributed by atoms with van der Waals surface area (Å²) in [7, 11) is 1.45. The summed E-state index contributed by atoms with van der Waals surface area (Å²) in [6.07, 6.45) is 6.42. The van der Waals surface area contributed by atoms with Crippen molar-refractivity contribution in [1.29, 1.82) is 0 Å². The molecule has 0 aromatic carbocycles. The van der Waals surface area contributed by atoms with Gasteiger partial charge in [-0.3, -0.25) is 9.89 Å². The van der Waals surface area contributed by atoms with Crippen LogP contribution in [0.2, 0.25) is 0 Å². The first-order valence-corrected chi connectivity index (χ1v) is 11.6. The molecule has 2 aromatic rings. The smallest absolute Gasteiger partial charge is 0.304 e. The van der Waals surface area contributed by atoms with Crippen LogP contribution >= 0.6 is 0 Å². The lowest BCUT2D eigenvalue weighted by molar-refractivity contribution is -0.137. The minimum Gasteiger partial charge on any atom is -0.498 e. The Morgan fingerprint density at radius 1 is 1.36 bits per heavy atom. The van der Waals surface area contributed by atoms with Crippen LogP contribution in [-0.2, 0) is 28.8 Å². The third kappa shape index (κ3) is 5.43. The van der Waals surface area contributed by atoms with E-state index in [0.29, 0.717) is 17.9 Å². The second-order valence-corrected chi connectivity index (χ2v) is 8.89. The highest BCUT2D eigenvalue weighted by Gasteiger charge is 2.30. The molecule has 176 valence electrons. The van der Waals surface area contributed by atoms with Gasteiger partial charge in [0, 0.05) is 30.3 Å². The van der Waals surface area contributed by atoms with Gasteiger partial charge in [-0.1, -0.05) is 18.6 Å². The number of methoxy groups -OCH3 is 1. The molecular weight excluding hydrogens is 423 g/mol. The van der Waals surface area contributed by atoms with Gasteiger partial charge in [-0.15, -0.1) is 0 Å². The van der Waals surface area contributed by atoms with Crippen LogP contribution in [0.3, 0.4) is 0 Å². The number of halogens is 1. The van der Waals surface area contributed by atoms with Gasteiger partial charge in [-0.2, -0.15) is 5.10 Å². The average Bonchev–Trinajstić information content (AvgIpc) is 3.27. The number of aromatic amines is 1. The maximum atomic E-state index is 14.4. The number of rotatable bonds is 9. The number of carbonyl (C=O) groups is 1. The Morgan fingerprint density at radius 2 is 2.21 bits per heavy atom. The number of nitrogens with zero attached hydrogens (tertiary/aromatic N) is 2. The number of aryl methyl sites for hydroxylation is 3. The molecule has 2 unspecified atom stereocenters. The van der Waals surface area contributed by atoms with E-state index in [0.717, 1.165) is 61.4 Å². The van der Waals surface area contributed by atoms with Crippen molar-refractivity contribution in [2.75, 3.05) is 19.0 Å². The quantitative estimate of drug-likeness (QED) is 0.508. The Bertz CT molecular complexity index is 1080. The van der Waals surface area contributed by atoms with Crippen molar-refractivity contribution in [3.05, 3.63) is 64.1 Å². The van der Waals surface area contributed by atoms with E-state index in [2.05, 4.69) is 27.6 Å². The van der Waals surface area contributed by atoms with Crippen molar-refractivity contribution in [3.8, 4) is 0 Å². The van der Waals surface area contributed by atoms with Crippen molar-refractivity contribution in [3.63, 3.8) is 0 Å². The van der Waals surface area contributed by atoms with E-state index in [1.54, 1.807) is 0 Å². The molecular formula is C25H31FN4O3. The van der Waals surface area contributed by atoms with Crippen LogP contribution in [0.1, 0.15) is 61.2 Å². The zero-order chi connectivity index (χ0) is 23.4. The number of aliphatic carboxylic acids is 1. The normalized spacial score (nSPS) is 18.9. The van der Waals surface area contributed by atoms with Crippen LogP contribution in [0.5, 0.6) is 0 Å². The first-order chi connectivity index (χ1) is 15.9. The fourth-order valence-corrected chi connectivity index (χ4v) is 4.71. The molecule has 7 nitrogen and oxygen atoms in total. The fourth-order valence-electron chi connectivity index (χ4n) is 4.71. The van der Waals surface area contributed by atoms with Crippen molar-refractivity contribution in [2.45, 2.75) is 57.8 Å². The maximum Gasteiger partial charge on any atom is 0.304 e. The molecule has 2 aliphatic rings. The third-order valence-corrected chi connectivity index (χ3v) is 6.49. The van der Waals surface area contributed by atoms with Crippen molar-refractivity contribution in [1.82, 2.24) is 15.2 Å². The van der Waals surface area contributed by atoms with E-state index >= 15 is 0 Å². The lowest BCUT2D eigenvalue weighted by Gasteiger charge is -2.27. The summed E-state index contributed by atoms with van der Waals surface area (Å²) in [5.41, 5.74) is 4.65. The Hall–Kier alpha value is -3.16. The number of carboxylic acids is 1. The van der Waals surface area contributed by atoms with Gasteiger partial charge >= 0.3 is 5.97 Å². The molecule has 4 rings (SSSR count). The number of H-pyrrole nitrogens is 1. The molecule has 3 heterocycles. The summed E-state index contributed by atoms with van der Waals surface area (Å²) >= 11 is 0. The molecule has 8 heteroatoms. The molecule has 1 aliphatic heterocycles. The largest absolute Gasteiger partial charge is 0.498 e. The number of hydrogen-bond acceptors (Lipinski definition) is 5. The number of pyridine rings is 1. The number of anilines is 1. The Kier molecular flexibility index (Phi) is 7.11. The van der Waals surface area contributed by atoms with Gasteiger partial charge in [0.15, 0.2) is 5.83 Å². The van der Waals surface area contributed by atoms with E-state index in [1.807, 2.05) is 13.0 Å². The standard InChI is InChI=1S/C25H31FN4O3/c1-15-11-23(33-2)21(26)13-19(15)20(14-24(31)32)22-12-18(29-30-22)7-3-6-17-9-8-16-5-4-10-27-25(16)28-17/h8-9,12-13,15,20H,3-7,10-11,14H2,1-2H3,(H,27,28)(H,29,30)(H,31,32). The predicted octanol–water partition coefficient (Wildman–Crippen LogP) is 4.69. The van der Waals surface area contributed by atoms with Crippen LogP contribution < -0.4 is 5.32 Å². The molecule has 0 bridgehead atoms. The van der Waals surface area contributed by atoms with E-state index in [9.17, 15) is 14.3 Å². The Labute approximate surface area is 193 Å². The molecule has 2 aromatic heterocycles. The highest BCUT2D eigenvalue weighted by atomic mass is 19.1. The summed E-state index contributed by atoms with van der Waals surface area (Å²) in [6, 6.07) is 6.17. The van der Waals surface area contributed by atoms with Gasteiger partial charge < -0.3 is 15.2 Å². The number of carboxylic acid groups (broad SMARTS) is 1. The first kappa shape index (κ1) is 23.0. The van der Waals surface area contributed by atoms with Gasteiger partial charge in [-0.05, 0) is 61.8 Å². The molecule has 33 heavy (non-hydrogen) atoms. The topological polar surface area (TPSA) is 100 Å². The van der Waals surface area contributed by atoms with Crippen molar-refractivity contribution < 1.29 is 19.0 Å². The first-order valence-electron chi connectivity index (χ1n) is 11.6. The number of ether oxygens (including phenoxy) is 1. The van der Waals surface area contributed by atoms with E-state index in [1.165, 1.54) is 18.7 Å². The minimum atomic E-state index is -0.938. The number of nitrogens with one attached hydrogen (secondary N) is 2. The van der Waals surface area contributed by atoms with Gasteiger partial charge in [-0.25, -0.2) is 9.37 Å². The molecule has 0 spiro atoms. The number of fused-ring (bicyclic) bond motifs is 1. The molecule has 2 atom stereocenters. The minimum absolute atomic E-state index is 0.0346. The number of allylic oxidation sites excluding steroid dienone is 4. The lowest BCUT2D eigenvalue weighted by atomic mass is 9.80. The second kappa shape index (κ2) is 10.2. The number of hydrogen-bond donors (Lipinski definition) is 3. The highest BCUT2D eigenvalue weighted by Crippen LogP contribution is 2.39. The molecule has 0 radical (unpaired) electrons. The van der Waals surface area contributed by atoms with Gasteiger partial charge in [0.25, 0.3) is 0 Å². The number of aromatic nitrogens is 3. The van der Waals surface area contributed by atoms with Gasteiger partial charge in [0.2, 0.25) is 0 Å². The second-order valence-electron chi connectivity index (χ2n) is 8.89. The zero-order valence-electron chi connectivity index (χ0n) is 19.2. The summed E-state index contributed by atoms with van der Waals surface area (Å²) in [5.74, 6) is -0.593. The van der Waals surface area contributed by atoms with E-state index in [4.69, 9.17) is 9.72 Å². The Morgan fingerprint density at radius 3 is 3.00 bits per heavy atom. The molecule has 0 fully saturated rings. The molecule has 3 N–H and O–H groups in total. The van der Waals surface area contributed by atoms with Crippen LogP contribution in [0.15, 0.2) is 41.4 Å². The van der Waals surface area contributed by atoms with Crippen LogP contribution in [0.25, 0.3) is 0 Å². The van der Waals surface area contributed by atoms with Crippen LogP contribution in [-0.4, -0.2) is 39.9 Å². The van der Waals surface area contributed by atoms with E-state index in [-0.39, 0.29) is 12.3 Å². The van der Waals surface area contributed by atoms with Crippen LogP contribution in [0, 0.1) is 5.92 Å². The fraction of sp³-hybridized carbons (Fsp3) is 0.480. The molecule has 0 saturated carbocycles. The molecule has 0 saturated heterocycles. The van der Waals surface area contributed by atoms with Gasteiger partial charge in [0.05, 0.1) is 19.2 Å². The van der Waals surface area contributed by atoms with Crippen LogP contribution in [0.4, 0.5) is 10.2 Å². The summed E-state index contributed by atoms with van der Waals surface area (Å²) in [4.78, 5) is 16.3. The van der Waals surface area contributed by atoms with Gasteiger partial charge in [0.1, 0.15) is 11.6 Å². The third-order valence-electron chi connectivity index (χ3n) is 6.49. The lowest BCUT2D eigenvalue weighted by Crippen LogP contribution is -2.18. The molecule has 1 aliphatic carbocycles. The predicted molar refractivity (Wildman–Crippen MR) is 124 cm³/mol. The summed E-state index contributed by atoms with van der Waals surface area (Å²) in [5, 5.41) is 20.3. The highest BCUT2D eigenvalue weighted by molar-refractivity contribution is 5.69. The SMILES string of the molecule is COC1=C(F)C=C(C(CC(=O)O)c2cc(CCCc3ccc4c(n3)NCCC4)[nH]n2)C(C)C1. The Balaban J connectivity index is 1.44. The molecule has 0 amide bonds. The monoisotopic (exact) mass is 454 g/mol. The van der Waals surface area contributed by atoms with E-state index < -0.39 is 17.7 Å². The van der Waals surface area contributed by atoms with Crippen molar-refractivity contribution >= 4 is 11.8 Å². The summed E-state index contributed by atoms with van der Waals surface area (Å²) < 4.78 is 19.5. The maximum absolute atomic E-state index is 14.4. The van der Waals surface area contributed by atoms with Crippen molar-refractivity contribution in [2.24, 2.45) is 5.92 Å². The summed E-state index contributed by atoms with van der Waals surface area (Å²) in [6.45, 7) is 2.93.